The third-order valence-corrected chi connectivity index (χ3v) is 3.59. The SMILES string of the molecule is O=C1N=NC(CNCCNc2ccccc2)=C2C=CC=CC12. The summed E-state index contributed by atoms with van der Waals surface area (Å²) in [5, 5.41) is 14.4. The molecule has 1 amide bonds. The van der Waals surface area contributed by atoms with Gasteiger partial charge in [-0.3, -0.25) is 4.79 Å². The Hall–Kier alpha value is -2.53. The van der Waals surface area contributed by atoms with Gasteiger partial charge < -0.3 is 10.6 Å². The third kappa shape index (κ3) is 3.38. The Kier molecular flexibility index (Phi) is 4.56. The number of fused-ring (bicyclic) bond motifs is 1. The van der Waals surface area contributed by atoms with Crippen LogP contribution >= 0.6 is 0 Å². The van der Waals surface area contributed by atoms with Crippen molar-refractivity contribution in [2.75, 3.05) is 25.0 Å². The maximum absolute atomic E-state index is 11.7. The Balaban J connectivity index is 1.49. The lowest BCUT2D eigenvalue weighted by molar-refractivity contribution is -0.120. The lowest BCUT2D eigenvalue weighted by Crippen LogP contribution is -2.27. The first kappa shape index (κ1) is 14.4. The number of para-hydroxylation sites is 1. The van der Waals surface area contributed by atoms with Crippen LogP contribution < -0.4 is 10.6 Å². The number of anilines is 1. The lowest BCUT2D eigenvalue weighted by atomic mass is 9.91. The first-order valence-corrected chi connectivity index (χ1v) is 7.38. The number of carbonyl (C=O) groups excluding carboxylic acids is 1. The van der Waals surface area contributed by atoms with Crippen LogP contribution in [-0.2, 0) is 4.79 Å². The van der Waals surface area contributed by atoms with Crippen LogP contribution in [0.25, 0.3) is 0 Å². The molecule has 0 radical (unpaired) electrons. The zero-order valence-corrected chi connectivity index (χ0v) is 12.2. The Labute approximate surface area is 129 Å². The summed E-state index contributed by atoms with van der Waals surface area (Å²) in [4.78, 5) is 11.7. The van der Waals surface area contributed by atoms with E-state index in [1.807, 2.05) is 54.6 Å². The van der Waals surface area contributed by atoms with Crippen LogP contribution in [-0.4, -0.2) is 25.5 Å². The van der Waals surface area contributed by atoms with Crippen LogP contribution in [0.1, 0.15) is 0 Å². The van der Waals surface area contributed by atoms with Gasteiger partial charge in [0.1, 0.15) is 0 Å². The van der Waals surface area contributed by atoms with Crippen LogP contribution in [0.3, 0.4) is 0 Å². The first-order chi connectivity index (χ1) is 10.8. The third-order valence-electron chi connectivity index (χ3n) is 3.59. The molecule has 0 spiro atoms. The molecule has 0 saturated carbocycles. The Bertz CT molecular complexity index is 658. The molecule has 2 aliphatic rings. The fourth-order valence-corrected chi connectivity index (χ4v) is 2.46. The van der Waals surface area contributed by atoms with E-state index in [0.29, 0.717) is 6.54 Å². The van der Waals surface area contributed by atoms with E-state index in [1.54, 1.807) is 0 Å². The van der Waals surface area contributed by atoms with Crippen molar-refractivity contribution in [1.29, 1.82) is 0 Å². The minimum atomic E-state index is -0.262. The smallest absolute Gasteiger partial charge is 0.275 e. The van der Waals surface area contributed by atoms with Crippen molar-refractivity contribution in [2.24, 2.45) is 16.1 Å². The molecule has 5 nitrogen and oxygen atoms in total. The Morgan fingerprint density at radius 3 is 2.77 bits per heavy atom. The Morgan fingerprint density at radius 2 is 1.91 bits per heavy atom. The molecule has 1 heterocycles. The molecule has 1 unspecified atom stereocenters. The number of azo groups is 1. The average molecular weight is 294 g/mol. The number of nitrogens with zero attached hydrogens (tertiary/aromatic N) is 2. The number of amides is 1. The van der Waals surface area contributed by atoms with Gasteiger partial charge >= 0.3 is 0 Å². The summed E-state index contributed by atoms with van der Waals surface area (Å²) in [5.74, 6) is -0.452. The molecule has 1 aromatic carbocycles. The number of carbonyl (C=O) groups is 1. The number of allylic oxidation sites excluding steroid dienone is 3. The van der Waals surface area contributed by atoms with E-state index in [-0.39, 0.29) is 11.8 Å². The molecule has 22 heavy (non-hydrogen) atoms. The number of nitrogens with one attached hydrogen (secondary N) is 2. The number of benzene rings is 1. The molecule has 0 bridgehead atoms. The van der Waals surface area contributed by atoms with E-state index in [1.165, 1.54) is 0 Å². The van der Waals surface area contributed by atoms with Crippen molar-refractivity contribution in [2.45, 2.75) is 0 Å². The summed E-state index contributed by atoms with van der Waals surface area (Å²) in [5.41, 5.74) is 2.89. The molecule has 0 aromatic heterocycles. The summed E-state index contributed by atoms with van der Waals surface area (Å²) in [6.45, 7) is 2.23. The van der Waals surface area contributed by atoms with Crippen molar-refractivity contribution in [3.05, 3.63) is 65.9 Å². The largest absolute Gasteiger partial charge is 0.384 e. The van der Waals surface area contributed by atoms with E-state index in [2.05, 4.69) is 20.9 Å². The standard InChI is InChI=1S/C17H18N4O/c22-17-15-9-5-4-8-14(15)16(20-21-17)12-18-10-11-19-13-6-2-1-3-7-13/h1-9,15,18-19H,10-12H2. The fraction of sp³-hybridized carbons (Fsp3) is 0.235. The van der Waals surface area contributed by atoms with Crippen LogP contribution in [0.2, 0.25) is 0 Å². The second kappa shape index (κ2) is 6.95. The molecule has 0 saturated heterocycles. The van der Waals surface area contributed by atoms with Gasteiger partial charge in [-0.2, -0.15) is 5.11 Å². The predicted octanol–water partition coefficient (Wildman–Crippen LogP) is 2.68. The van der Waals surface area contributed by atoms with Crippen LogP contribution in [0, 0.1) is 5.92 Å². The van der Waals surface area contributed by atoms with E-state index >= 15 is 0 Å². The maximum Gasteiger partial charge on any atom is 0.275 e. The summed E-state index contributed by atoms with van der Waals surface area (Å²) >= 11 is 0. The highest BCUT2D eigenvalue weighted by atomic mass is 16.2. The van der Waals surface area contributed by atoms with E-state index in [0.717, 1.165) is 30.0 Å². The molecule has 1 aromatic rings. The van der Waals surface area contributed by atoms with Crippen LogP contribution in [0.5, 0.6) is 0 Å². The molecule has 1 aliphatic heterocycles. The van der Waals surface area contributed by atoms with Gasteiger partial charge in [-0.05, 0) is 17.7 Å². The van der Waals surface area contributed by atoms with Gasteiger partial charge in [0.05, 0.1) is 11.6 Å². The van der Waals surface area contributed by atoms with Crippen molar-refractivity contribution in [3.63, 3.8) is 0 Å². The molecule has 2 N–H and O–H groups in total. The van der Waals surface area contributed by atoms with E-state index < -0.39 is 0 Å². The van der Waals surface area contributed by atoms with Crippen molar-refractivity contribution in [3.8, 4) is 0 Å². The minimum Gasteiger partial charge on any atom is -0.384 e. The van der Waals surface area contributed by atoms with Gasteiger partial charge in [0.2, 0.25) is 0 Å². The van der Waals surface area contributed by atoms with Crippen LogP contribution in [0.15, 0.2) is 76.1 Å². The molecular weight excluding hydrogens is 276 g/mol. The van der Waals surface area contributed by atoms with E-state index in [4.69, 9.17) is 0 Å². The predicted molar refractivity (Wildman–Crippen MR) is 86.5 cm³/mol. The monoisotopic (exact) mass is 294 g/mol. The van der Waals surface area contributed by atoms with Gasteiger partial charge in [0, 0.05) is 25.3 Å². The van der Waals surface area contributed by atoms with Gasteiger partial charge in [-0.25, -0.2) is 0 Å². The van der Waals surface area contributed by atoms with Gasteiger partial charge in [-0.15, -0.1) is 5.11 Å². The molecule has 5 heteroatoms. The lowest BCUT2D eigenvalue weighted by Gasteiger charge is -2.19. The zero-order chi connectivity index (χ0) is 15.2. The second-order valence-corrected chi connectivity index (χ2v) is 5.13. The van der Waals surface area contributed by atoms with Crippen molar-refractivity contribution < 1.29 is 4.79 Å². The molecular formula is C17H18N4O. The number of rotatable bonds is 6. The summed E-state index contributed by atoms with van der Waals surface area (Å²) in [6.07, 6.45) is 7.62. The highest BCUT2D eigenvalue weighted by Crippen LogP contribution is 2.27. The highest BCUT2D eigenvalue weighted by molar-refractivity contribution is 5.86. The topological polar surface area (TPSA) is 65.8 Å². The fourth-order valence-electron chi connectivity index (χ4n) is 2.46. The molecule has 1 atom stereocenters. The average Bonchev–Trinajstić information content (AvgIpc) is 2.58. The molecule has 0 fully saturated rings. The molecule has 112 valence electrons. The molecule has 3 rings (SSSR count). The van der Waals surface area contributed by atoms with Gasteiger partial charge in [-0.1, -0.05) is 42.5 Å². The Morgan fingerprint density at radius 1 is 1.05 bits per heavy atom. The normalized spacial score (nSPS) is 19.5. The van der Waals surface area contributed by atoms with Gasteiger partial charge in [0.15, 0.2) is 0 Å². The summed E-state index contributed by atoms with van der Waals surface area (Å²) in [6, 6.07) is 10.1. The summed E-state index contributed by atoms with van der Waals surface area (Å²) < 4.78 is 0. The summed E-state index contributed by atoms with van der Waals surface area (Å²) in [7, 11) is 0. The van der Waals surface area contributed by atoms with Gasteiger partial charge in [0.25, 0.3) is 5.91 Å². The first-order valence-electron chi connectivity index (χ1n) is 7.38. The second-order valence-electron chi connectivity index (χ2n) is 5.13. The minimum absolute atomic E-state index is 0.190. The van der Waals surface area contributed by atoms with Crippen molar-refractivity contribution in [1.82, 2.24) is 5.32 Å². The van der Waals surface area contributed by atoms with E-state index in [9.17, 15) is 4.79 Å². The highest BCUT2D eigenvalue weighted by Gasteiger charge is 2.26. The number of hydrogen-bond donors (Lipinski definition) is 2. The molecule has 1 aliphatic carbocycles. The maximum atomic E-state index is 11.7. The number of hydrogen-bond acceptors (Lipinski definition) is 4. The van der Waals surface area contributed by atoms with Crippen LogP contribution in [0.4, 0.5) is 5.69 Å². The van der Waals surface area contributed by atoms with Crippen molar-refractivity contribution >= 4 is 11.6 Å². The quantitative estimate of drug-likeness (QED) is 0.793. The zero-order valence-electron chi connectivity index (χ0n) is 12.2.